The predicted molar refractivity (Wildman–Crippen MR) is 82.5 cm³/mol. The van der Waals surface area contributed by atoms with Gasteiger partial charge in [-0.1, -0.05) is 48.0 Å². The fourth-order valence-electron chi connectivity index (χ4n) is 3.09. The number of ketones is 1. The quantitative estimate of drug-likeness (QED) is 0.722. The Hall–Kier alpha value is -1.60. The van der Waals surface area contributed by atoms with E-state index in [9.17, 15) is 4.79 Å². The molecule has 0 amide bonds. The number of aryl methyl sites for hydroxylation is 1. The number of hydrogen-bond acceptors (Lipinski definition) is 1. The lowest BCUT2D eigenvalue weighted by atomic mass is 9.79. The number of fused-ring (bicyclic) bond motifs is 1. The molecule has 1 aliphatic carbocycles. The van der Waals surface area contributed by atoms with E-state index in [2.05, 4.69) is 24.3 Å². The van der Waals surface area contributed by atoms with Crippen LogP contribution in [0.1, 0.15) is 46.7 Å². The van der Waals surface area contributed by atoms with E-state index in [4.69, 9.17) is 11.6 Å². The minimum Gasteiger partial charge on any atom is -0.294 e. The van der Waals surface area contributed by atoms with E-state index in [1.165, 1.54) is 11.1 Å². The predicted octanol–water partition coefficient (Wildman–Crippen LogP) is 5.03. The van der Waals surface area contributed by atoms with Gasteiger partial charge < -0.3 is 0 Å². The van der Waals surface area contributed by atoms with Crippen LogP contribution in [0.25, 0.3) is 0 Å². The number of carbonyl (C=O) groups excluding carboxylic acids is 1. The molecule has 0 bridgehead atoms. The number of Topliss-reactive ketones (excluding diaryl/α,β-unsaturated/α-hetero) is 1. The van der Waals surface area contributed by atoms with Crippen molar-refractivity contribution in [2.75, 3.05) is 0 Å². The molecule has 0 saturated carbocycles. The number of benzene rings is 2. The van der Waals surface area contributed by atoms with Crippen molar-refractivity contribution < 1.29 is 4.79 Å². The van der Waals surface area contributed by atoms with E-state index < -0.39 is 0 Å². The third-order valence-electron chi connectivity index (χ3n) is 4.10. The van der Waals surface area contributed by atoms with Crippen molar-refractivity contribution >= 4 is 17.4 Å². The van der Waals surface area contributed by atoms with Crippen molar-refractivity contribution in [1.29, 1.82) is 0 Å². The van der Waals surface area contributed by atoms with Gasteiger partial charge in [0.1, 0.15) is 0 Å². The van der Waals surface area contributed by atoms with Gasteiger partial charge in [0.25, 0.3) is 0 Å². The molecule has 0 spiro atoms. The van der Waals surface area contributed by atoms with Crippen LogP contribution in [-0.4, -0.2) is 5.78 Å². The van der Waals surface area contributed by atoms with Crippen LogP contribution in [-0.2, 0) is 6.42 Å². The van der Waals surface area contributed by atoms with Crippen LogP contribution in [0.3, 0.4) is 0 Å². The number of halogens is 1. The first kappa shape index (κ1) is 13.4. The maximum absolute atomic E-state index is 12.5. The zero-order valence-electron chi connectivity index (χ0n) is 11.3. The highest BCUT2D eigenvalue weighted by atomic mass is 35.5. The van der Waals surface area contributed by atoms with Gasteiger partial charge in [-0.25, -0.2) is 0 Å². The first-order chi connectivity index (χ1) is 9.75. The fraction of sp³-hybridized carbons (Fsp3) is 0.278. The van der Waals surface area contributed by atoms with E-state index >= 15 is 0 Å². The number of carbonyl (C=O) groups is 1. The molecule has 0 aliphatic heterocycles. The Kier molecular flexibility index (Phi) is 3.88. The molecule has 0 radical (unpaired) electrons. The van der Waals surface area contributed by atoms with Crippen LogP contribution >= 0.6 is 11.6 Å². The summed E-state index contributed by atoms with van der Waals surface area (Å²) in [6.07, 6.45) is 3.94. The van der Waals surface area contributed by atoms with Gasteiger partial charge in [-0.05, 0) is 48.4 Å². The van der Waals surface area contributed by atoms with Gasteiger partial charge >= 0.3 is 0 Å². The minimum absolute atomic E-state index is 0.150. The highest BCUT2D eigenvalue weighted by Gasteiger charge is 2.23. The van der Waals surface area contributed by atoms with Crippen LogP contribution in [0, 0.1) is 0 Å². The molecule has 0 saturated heterocycles. The molecular weight excluding hydrogens is 268 g/mol. The Bertz CT molecular complexity index is 633. The second kappa shape index (κ2) is 5.80. The Balaban J connectivity index is 1.83. The third kappa shape index (κ3) is 2.64. The van der Waals surface area contributed by atoms with E-state index in [-0.39, 0.29) is 5.78 Å². The summed E-state index contributed by atoms with van der Waals surface area (Å²) in [7, 11) is 0. The molecule has 1 aliphatic rings. The van der Waals surface area contributed by atoms with Crippen LogP contribution in [0.5, 0.6) is 0 Å². The average Bonchev–Trinajstić information content (AvgIpc) is 2.48. The standard InChI is InChI=1S/C18H17ClO/c19-17-11-4-3-10-16(17)18(20)12-14-8-5-7-13-6-1-2-9-15(13)14/h1-4,6,9-11,14H,5,7-8,12H2. The average molecular weight is 285 g/mol. The monoisotopic (exact) mass is 284 g/mol. The van der Waals surface area contributed by atoms with Gasteiger partial charge in [0.2, 0.25) is 0 Å². The van der Waals surface area contributed by atoms with Crippen LogP contribution < -0.4 is 0 Å². The summed E-state index contributed by atoms with van der Waals surface area (Å²) in [5.41, 5.74) is 3.40. The molecule has 2 aromatic carbocycles. The lowest BCUT2D eigenvalue weighted by Crippen LogP contribution is -2.14. The lowest BCUT2D eigenvalue weighted by molar-refractivity contribution is 0.0971. The van der Waals surface area contributed by atoms with E-state index in [1.807, 2.05) is 18.2 Å². The second-order valence-electron chi connectivity index (χ2n) is 5.40. The zero-order chi connectivity index (χ0) is 13.9. The lowest BCUT2D eigenvalue weighted by Gasteiger charge is -2.25. The summed E-state index contributed by atoms with van der Waals surface area (Å²) in [4.78, 5) is 12.5. The summed E-state index contributed by atoms with van der Waals surface area (Å²) >= 11 is 6.12. The first-order valence-electron chi connectivity index (χ1n) is 7.11. The van der Waals surface area contributed by atoms with Crippen molar-refractivity contribution in [1.82, 2.24) is 0 Å². The summed E-state index contributed by atoms with van der Waals surface area (Å²) in [6.45, 7) is 0. The number of rotatable bonds is 3. The summed E-state index contributed by atoms with van der Waals surface area (Å²) in [5.74, 6) is 0.487. The smallest absolute Gasteiger partial charge is 0.164 e. The van der Waals surface area contributed by atoms with Crippen LogP contribution in [0.15, 0.2) is 48.5 Å². The Morgan fingerprint density at radius 2 is 1.85 bits per heavy atom. The highest BCUT2D eigenvalue weighted by molar-refractivity contribution is 6.33. The van der Waals surface area contributed by atoms with Gasteiger partial charge in [-0.15, -0.1) is 0 Å². The van der Waals surface area contributed by atoms with Crippen LogP contribution in [0.4, 0.5) is 0 Å². The maximum Gasteiger partial charge on any atom is 0.164 e. The third-order valence-corrected chi connectivity index (χ3v) is 4.43. The molecule has 1 atom stereocenters. The van der Waals surface area contributed by atoms with Gasteiger partial charge in [0.15, 0.2) is 5.78 Å². The first-order valence-corrected chi connectivity index (χ1v) is 7.49. The molecule has 20 heavy (non-hydrogen) atoms. The molecule has 1 nitrogen and oxygen atoms in total. The molecule has 2 aromatic rings. The molecule has 2 heteroatoms. The van der Waals surface area contributed by atoms with Gasteiger partial charge in [-0.2, -0.15) is 0 Å². The topological polar surface area (TPSA) is 17.1 Å². The summed E-state index contributed by atoms with van der Waals surface area (Å²) in [5, 5.41) is 0.557. The molecule has 0 heterocycles. The van der Waals surface area contributed by atoms with Crippen molar-refractivity contribution in [3.8, 4) is 0 Å². The molecule has 0 N–H and O–H groups in total. The summed E-state index contributed by atoms with van der Waals surface area (Å²) < 4.78 is 0. The molecule has 1 unspecified atom stereocenters. The molecule has 0 aromatic heterocycles. The SMILES string of the molecule is O=C(CC1CCCc2ccccc21)c1ccccc1Cl. The Morgan fingerprint density at radius 3 is 2.70 bits per heavy atom. The molecular formula is C18H17ClO. The molecule has 0 fully saturated rings. The fourth-order valence-corrected chi connectivity index (χ4v) is 3.33. The van der Waals surface area contributed by atoms with E-state index in [0.717, 1.165) is 19.3 Å². The van der Waals surface area contributed by atoms with Gasteiger partial charge in [0.05, 0.1) is 5.02 Å². The van der Waals surface area contributed by atoms with E-state index in [1.54, 1.807) is 6.07 Å². The van der Waals surface area contributed by atoms with E-state index in [0.29, 0.717) is 22.9 Å². The van der Waals surface area contributed by atoms with Crippen molar-refractivity contribution in [3.63, 3.8) is 0 Å². The van der Waals surface area contributed by atoms with Crippen LogP contribution in [0.2, 0.25) is 5.02 Å². The largest absolute Gasteiger partial charge is 0.294 e. The molecule has 3 rings (SSSR count). The zero-order valence-corrected chi connectivity index (χ0v) is 12.1. The Labute approximate surface area is 124 Å². The van der Waals surface area contributed by atoms with Gasteiger partial charge in [0, 0.05) is 12.0 Å². The second-order valence-corrected chi connectivity index (χ2v) is 5.80. The van der Waals surface area contributed by atoms with Crippen molar-refractivity contribution in [2.45, 2.75) is 31.6 Å². The van der Waals surface area contributed by atoms with Gasteiger partial charge in [-0.3, -0.25) is 4.79 Å². The summed E-state index contributed by atoms with van der Waals surface area (Å²) in [6, 6.07) is 15.8. The highest BCUT2D eigenvalue weighted by Crippen LogP contribution is 2.35. The van der Waals surface area contributed by atoms with Crippen molar-refractivity contribution in [2.24, 2.45) is 0 Å². The normalized spacial score (nSPS) is 17.6. The minimum atomic E-state index is 0.150. The maximum atomic E-state index is 12.5. The Morgan fingerprint density at radius 1 is 1.10 bits per heavy atom. The molecule has 102 valence electrons. The number of hydrogen-bond donors (Lipinski definition) is 0. The van der Waals surface area contributed by atoms with Crippen molar-refractivity contribution in [3.05, 3.63) is 70.2 Å².